The summed E-state index contributed by atoms with van der Waals surface area (Å²) in [6.45, 7) is 1.17. The van der Waals surface area contributed by atoms with E-state index in [1.165, 1.54) is 24.8 Å². The van der Waals surface area contributed by atoms with E-state index in [0.29, 0.717) is 17.8 Å². The highest BCUT2D eigenvalue weighted by Crippen LogP contribution is 2.36. The summed E-state index contributed by atoms with van der Waals surface area (Å²) >= 11 is 1.63. The molecule has 1 aliphatic rings. The van der Waals surface area contributed by atoms with Gasteiger partial charge in [-0.1, -0.05) is 24.3 Å². The van der Waals surface area contributed by atoms with Gasteiger partial charge in [0.2, 0.25) is 0 Å². The smallest absolute Gasteiger partial charge is 0.337 e. The van der Waals surface area contributed by atoms with Crippen LogP contribution >= 0.6 is 11.3 Å². The number of carbonyl (C=O) groups excluding carboxylic acids is 3. The first kappa shape index (κ1) is 21.6. The maximum Gasteiger partial charge on any atom is 0.337 e. The van der Waals surface area contributed by atoms with Crippen molar-refractivity contribution in [1.82, 2.24) is 5.32 Å². The highest BCUT2D eigenvalue weighted by molar-refractivity contribution is 7.10. The van der Waals surface area contributed by atoms with Crippen molar-refractivity contribution in [3.63, 3.8) is 0 Å². The number of anilines is 2. The zero-order chi connectivity index (χ0) is 22.5. The molecule has 2 amide bonds. The second-order valence-electron chi connectivity index (χ2n) is 7.34. The van der Waals surface area contributed by atoms with Gasteiger partial charge in [0, 0.05) is 29.3 Å². The van der Waals surface area contributed by atoms with Gasteiger partial charge in [-0.3, -0.25) is 9.59 Å². The van der Waals surface area contributed by atoms with Gasteiger partial charge >= 0.3 is 17.8 Å². The van der Waals surface area contributed by atoms with Crippen molar-refractivity contribution in [1.29, 1.82) is 0 Å². The van der Waals surface area contributed by atoms with Gasteiger partial charge in [0.15, 0.2) is 0 Å². The first-order chi connectivity index (χ1) is 15.6. The number of methoxy groups -OCH3 is 1. The number of fused-ring (bicyclic) bond motifs is 1. The van der Waals surface area contributed by atoms with E-state index in [1.807, 2.05) is 29.6 Å². The molecule has 0 unspecified atom stereocenters. The molecule has 0 saturated heterocycles. The number of benzene rings is 2. The van der Waals surface area contributed by atoms with Crippen molar-refractivity contribution >= 4 is 40.5 Å². The lowest BCUT2D eigenvalue weighted by Gasteiger charge is -2.30. The molecule has 7 nitrogen and oxygen atoms in total. The average molecular weight is 450 g/mol. The fourth-order valence-electron chi connectivity index (χ4n) is 3.80. The molecule has 0 aliphatic carbocycles. The predicted molar refractivity (Wildman–Crippen MR) is 124 cm³/mol. The van der Waals surface area contributed by atoms with Crippen LogP contribution in [0.5, 0.6) is 0 Å². The Morgan fingerprint density at radius 2 is 1.81 bits per heavy atom. The third-order valence-electron chi connectivity index (χ3n) is 5.40. The van der Waals surface area contributed by atoms with Crippen LogP contribution in [0.25, 0.3) is 0 Å². The zero-order valence-corrected chi connectivity index (χ0v) is 18.4. The molecule has 1 atom stereocenters. The van der Waals surface area contributed by atoms with Gasteiger partial charge in [0.1, 0.15) is 0 Å². The van der Waals surface area contributed by atoms with Gasteiger partial charge in [0.25, 0.3) is 0 Å². The summed E-state index contributed by atoms with van der Waals surface area (Å²) in [5.74, 6) is -1.94. The van der Waals surface area contributed by atoms with Crippen LogP contribution in [0.3, 0.4) is 0 Å². The molecule has 0 spiro atoms. The van der Waals surface area contributed by atoms with Gasteiger partial charge in [-0.15, -0.1) is 11.3 Å². The lowest BCUT2D eigenvalue weighted by atomic mass is 10.1. The Kier molecular flexibility index (Phi) is 6.51. The Hall–Kier alpha value is -3.65. The number of amides is 2. The van der Waals surface area contributed by atoms with Crippen LogP contribution in [-0.2, 0) is 20.7 Å². The van der Waals surface area contributed by atoms with Crippen LogP contribution < -0.4 is 15.5 Å². The van der Waals surface area contributed by atoms with Gasteiger partial charge in [-0.2, -0.15) is 0 Å². The van der Waals surface area contributed by atoms with Crippen molar-refractivity contribution in [3.8, 4) is 0 Å². The molecule has 2 aromatic carbocycles. The van der Waals surface area contributed by atoms with Gasteiger partial charge in [-0.25, -0.2) is 4.79 Å². The number of hydrogen-bond donors (Lipinski definition) is 2. The third kappa shape index (κ3) is 4.65. The lowest BCUT2D eigenvalue weighted by molar-refractivity contribution is -0.136. The number of hydrogen-bond acceptors (Lipinski definition) is 6. The van der Waals surface area contributed by atoms with Crippen LogP contribution in [0, 0.1) is 0 Å². The van der Waals surface area contributed by atoms with Gasteiger partial charge < -0.3 is 20.3 Å². The third-order valence-corrected chi connectivity index (χ3v) is 6.37. The number of esters is 1. The van der Waals surface area contributed by atoms with E-state index >= 15 is 0 Å². The van der Waals surface area contributed by atoms with Crippen LogP contribution in [-0.4, -0.2) is 38.0 Å². The SMILES string of the molecule is COC(=O)c1ccc(NC(=O)C(=O)NC[C@@H](c2cccs2)N2CCc3ccccc32)cc1. The van der Waals surface area contributed by atoms with Crippen LogP contribution in [0.4, 0.5) is 11.4 Å². The summed E-state index contributed by atoms with van der Waals surface area (Å²) < 4.78 is 4.65. The van der Waals surface area contributed by atoms with Crippen molar-refractivity contribution in [2.24, 2.45) is 0 Å². The standard InChI is InChI=1S/C24H23N3O4S/c1-31-24(30)17-8-10-18(11-9-17)26-23(29)22(28)25-15-20(21-7-4-14-32-21)27-13-12-16-5-2-3-6-19(16)27/h2-11,14,20H,12-13,15H2,1H3,(H,25,28)(H,26,29)/t20-/m0/s1. The molecule has 0 bridgehead atoms. The molecule has 0 radical (unpaired) electrons. The number of nitrogens with one attached hydrogen (secondary N) is 2. The van der Waals surface area contributed by atoms with Crippen molar-refractivity contribution in [2.45, 2.75) is 12.5 Å². The number of carbonyl (C=O) groups is 3. The van der Waals surface area contributed by atoms with E-state index in [0.717, 1.165) is 23.5 Å². The number of para-hydroxylation sites is 1. The molecule has 2 N–H and O–H groups in total. The molecule has 164 valence electrons. The molecule has 0 saturated carbocycles. The molecule has 3 aromatic rings. The summed E-state index contributed by atoms with van der Waals surface area (Å²) in [4.78, 5) is 39.8. The van der Waals surface area contributed by atoms with Gasteiger partial charge in [-0.05, 0) is 53.8 Å². The van der Waals surface area contributed by atoms with E-state index in [2.05, 4.69) is 32.4 Å². The maximum absolute atomic E-state index is 12.5. The second-order valence-corrected chi connectivity index (χ2v) is 8.32. The Bertz CT molecular complexity index is 1110. The zero-order valence-electron chi connectivity index (χ0n) is 17.5. The Labute approximate surface area is 190 Å². The first-order valence-corrected chi connectivity index (χ1v) is 11.1. The summed E-state index contributed by atoms with van der Waals surface area (Å²) in [6, 6.07) is 18.4. The first-order valence-electron chi connectivity index (χ1n) is 10.2. The molecule has 1 aromatic heterocycles. The number of nitrogens with zero attached hydrogens (tertiary/aromatic N) is 1. The lowest BCUT2D eigenvalue weighted by Crippen LogP contribution is -2.41. The summed E-state index contributed by atoms with van der Waals surface area (Å²) in [7, 11) is 1.30. The normalized spacial score (nSPS) is 13.2. The summed E-state index contributed by atoms with van der Waals surface area (Å²) in [6.07, 6.45) is 0.952. The molecule has 0 fully saturated rings. The molecule has 8 heteroatoms. The quantitative estimate of drug-likeness (QED) is 0.445. The van der Waals surface area contributed by atoms with Crippen LogP contribution in [0.1, 0.15) is 26.8 Å². The van der Waals surface area contributed by atoms with E-state index in [-0.39, 0.29) is 6.04 Å². The predicted octanol–water partition coefficient (Wildman–Crippen LogP) is 3.39. The Balaban J connectivity index is 1.40. The molecule has 4 rings (SSSR count). The Morgan fingerprint density at radius 3 is 2.53 bits per heavy atom. The fourth-order valence-corrected chi connectivity index (χ4v) is 4.64. The Morgan fingerprint density at radius 1 is 1.03 bits per heavy atom. The van der Waals surface area contributed by atoms with Gasteiger partial charge in [0.05, 0.1) is 18.7 Å². The number of ether oxygens (including phenoxy) is 1. The second kappa shape index (κ2) is 9.65. The van der Waals surface area contributed by atoms with Crippen molar-refractivity contribution in [3.05, 3.63) is 82.0 Å². The summed E-state index contributed by atoms with van der Waals surface area (Å²) in [5.41, 5.74) is 3.23. The average Bonchev–Trinajstić information content (AvgIpc) is 3.50. The minimum atomic E-state index is -0.762. The number of rotatable bonds is 6. The highest BCUT2D eigenvalue weighted by Gasteiger charge is 2.28. The van der Waals surface area contributed by atoms with E-state index in [1.54, 1.807) is 23.5 Å². The molecule has 1 aliphatic heterocycles. The molecular weight excluding hydrogens is 426 g/mol. The van der Waals surface area contributed by atoms with E-state index in [9.17, 15) is 14.4 Å². The topological polar surface area (TPSA) is 87.7 Å². The minimum absolute atomic E-state index is 0.0604. The van der Waals surface area contributed by atoms with Crippen LogP contribution in [0.2, 0.25) is 0 Å². The number of thiophene rings is 1. The van der Waals surface area contributed by atoms with Crippen LogP contribution in [0.15, 0.2) is 66.0 Å². The molecular formula is C24H23N3O4S. The fraction of sp³-hybridized carbons (Fsp3) is 0.208. The molecule has 32 heavy (non-hydrogen) atoms. The summed E-state index contributed by atoms with van der Waals surface area (Å²) in [5, 5.41) is 7.34. The van der Waals surface area contributed by atoms with Crippen molar-refractivity contribution in [2.75, 3.05) is 30.4 Å². The van der Waals surface area contributed by atoms with E-state index < -0.39 is 17.8 Å². The molecule has 2 heterocycles. The van der Waals surface area contributed by atoms with E-state index in [4.69, 9.17) is 0 Å². The highest BCUT2D eigenvalue weighted by atomic mass is 32.1. The largest absolute Gasteiger partial charge is 0.465 e. The maximum atomic E-state index is 12.5. The van der Waals surface area contributed by atoms with Crippen molar-refractivity contribution < 1.29 is 19.1 Å². The minimum Gasteiger partial charge on any atom is -0.465 e. The monoisotopic (exact) mass is 449 g/mol.